The molecule has 2 rings (SSSR count). The minimum Gasteiger partial charge on any atom is -0.338 e. The molecule has 0 radical (unpaired) electrons. The summed E-state index contributed by atoms with van der Waals surface area (Å²) < 4.78 is 5.40. The Morgan fingerprint density at radius 2 is 1.89 bits per heavy atom. The van der Waals surface area contributed by atoms with Crippen LogP contribution in [0.5, 0.6) is 0 Å². The molecule has 2 aromatic rings. The predicted molar refractivity (Wildman–Crippen MR) is 73.6 cm³/mol. The molecule has 0 saturated carbocycles. The van der Waals surface area contributed by atoms with Crippen LogP contribution in [-0.4, -0.2) is 20.7 Å². The highest BCUT2D eigenvalue weighted by Gasteiger charge is 2.40. The quantitative estimate of drug-likeness (QED) is 0.917. The van der Waals surface area contributed by atoms with Crippen LogP contribution in [0.3, 0.4) is 0 Å². The summed E-state index contributed by atoms with van der Waals surface area (Å²) in [4.78, 5) is 8.58. The molecule has 0 bridgehead atoms. The number of nitrogens with two attached hydrogens (primary N) is 1. The van der Waals surface area contributed by atoms with Gasteiger partial charge in [0.1, 0.15) is 0 Å². The SMILES string of the molecule is Cc1ccncc1-c1noc(C(C)(C)C(C)(C)N)n1. The molecule has 0 aliphatic rings. The van der Waals surface area contributed by atoms with Crippen LogP contribution in [-0.2, 0) is 5.41 Å². The molecule has 2 heterocycles. The lowest BCUT2D eigenvalue weighted by molar-refractivity contribution is 0.223. The molecule has 102 valence electrons. The third-order valence-electron chi connectivity index (χ3n) is 3.85. The highest BCUT2D eigenvalue weighted by molar-refractivity contribution is 5.57. The second-order valence-electron chi connectivity index (χ2n) is 5.96. The zero-order chi connectivity index (χ0) is 14.3. The topological polar surface area (TPSA) is 77.8 Å². The Hall–Kier alpha value is -1.75. The molecule has 2 aromatic heterocycles. The van der Waals surface area contributed by atoms with Gasteiger partial charge >= 0.3 is 0 Å². The van der Waals surface area contributed by atoms with E-state index in [4.69, 9.17) is 10.3 Å². The van der Waals surface area contributed by atoms with Crippen LogP contribution in [0.2, 0.25) is 0 Å². The lowest BCUT2D eigenvalue weighted by atomic mass is 9.75. The van der Waals surface area contributed by atoms with Gasteiger partial charge in [0.25, 0.3) is 0 Å². The normalized spacial score (nSPS) is 12.7. The fourth-order valence-corrected chi connectivity index (χ4v) is 1.56. The van der Waals surface area contributed by atoms with Crippen LogP contribution in [0.1, 0.15) is 39.1 Å². The maximum atomic E-state index is 6.18. The van der Waals surface area contributed by atoms with Gasteiger partial charge in [0, 0.05) is 23.5 Å². The number of hydrogen-bond donors (Lipinski definition) is 1. The molecule has 0 fully saturated rings. The van der Waals surface area contributed by atoms with Crippen molar-refractivity contribution in [3.8, 4) is 11.4 Å². The number of rotatable bonds is 3. The van der Waals surface area contributed by atoms with E-state index in [-0.39, 0.29) is 0 Å². The molecule has 0 aromatic carbocycles. The van der Waals surface area contributed by atoms with Crippen LogP contribution in [0.15, 0.2) is 23.0 Å². The van der Waals surface area contributed by atoms with Crippen molar-refractivity contribution in [3.63, 3.8) is 0 Å². The molecule has 0 aliphatic heterocycles. The van der Waals surface area contributed by atoms with Gasteiger partial charge in [-0.05, 0) is 46.2 Å². The van der Waals surface area contributed by atoms with E-state index in [1.165, 1.54) is 0 Å². The molecule has 0 atom stereocenters. The van der Waals surface area contributed by atoms with E-state index in [0.717, 1.165) is 11.1 Å². The van der Waals surface area contributed by atoms with Crippen molar-refractivity contribution in [2.75, 3.05) is 0 Å². The van der Waals surface area contributed by atoms with Gasteiger partial charge in [0.15, 0.2) is 0 Å². The number of aryl methyl sites for hydroxylation is 1. The number of nitrogens with zero attached hydrogens (tertiary/aromatic N) is 3. The number of hydrogen-bond acceptors (Lipinski definition) is 5. The van der Waals surface area contributed by atoms with Gasteiger partial charge < -0.3 is 10.3 Å². The molecule has 0 amide bonds. The lowest BCUT2D eigenvalue weighted by Crippen LogP contribution is -2.50. The number of aromatic nitrogens is 3. The first-order chi connectivity index (χ1) is 8.73. The van der Waals surface area contributed by atoms with E-state index < -0.39 is 11.0 Å². The van der Waals surface area contributed by atoms with E-state index in [1.54, 1.807) is 12.4 Å². The molecule has 0 unspecified atom stereocenters. The molecule has 0 saturated heterocycles. The largest absolute Gasteiger partial charge is 0.338 e. The van der Waals surface area contributed by atoms with Crippen LogP contribution in [0.4, 0.5) is 0 Å². The van der Waals surface area contributed by atoms with Crippen LogP contribution < -0.4 is 5.73 Å². The first-order valence-corrected chi connectivity index (χ1v) is 6.27. The second-order valence-corrected chi connectivity index (χ2v) is 5.96. The summed E-state index contributed by atoms with van der Waals surface area (Å²) in [6.07, 6.45) is 3.48. The summed E-state index contributed by atoms with van der Waals surface area (Å²) in [6.45, 7) is 9.89. The van der Waals surface area contributed by atoms with E-state index in [9.17, 15) is 0 Å². The molecule has 5 heteroatoms. The molecule has 2 N–H and O–H groups in total. The summed E-state index contributed by atoms with van der Waals surface area (Å²) >= 11 is 0. The van der Waals surface area contributed by atoms with Crippen molar-refractivity contribution in [2.24, 2.45) is 5.73 Å². The Morgan fingerprint density at radius 3 is 2.47 bits per heavy atom. The Labute approximate surface area is 113 Å². The zero-order valence-electron chi connectivity index (χ0n) is 12.1. The third kappa shape index (κ3) is 2.38. The van der Waals surface area contributed by atoms with Crippen LogP contribution >= 0.6 is 0 Å². The molecule has 5 nitrogen and oxygen atoms in total. The zero-order valence-corrected chi connectivity index (χ0v) is 12.1. The summed E-state index contributed by atoms with van der Waals surface area (Å²) in [6, 6.07) is 1.92. The first kappa shape index (κ1) is 13.7. The van der Waals surface area contributed by atoms with Crippen molar-refractivity contribution in [2.45, 2.75) is 45.6 Å². The minimum atomic E-state index is -0.458. The summed E-state index contributed by atoms with van der Waals surface area (Å²) in [5.41, 5.74) is 7.26. The molecular formula is C14H20N4O. The van der Waals surface area contributed by atoms with Crippen molar-refractivity contribution < 1.29 is 4.52 Å². The van der Waals surface area contributed by atoms with Gasteiger partial charge in [0.05, 0.1) is 5.41 Å². The Bertz CT molecular complexity index is 581. The number of pyridine rings is 1. The summed E-state index contributed by atoms with van der Waals surface area (Å²) in [5, 5.41) is 4.05. The average Bonchev–Trinajstić information content (AvgIpc) is 2.77. The average molecular weight is 260 g/mol. The standard InChI is InChI=1S/C14H20N4O/c1-9-6-7-16-8-10(9)11-17-12(19-18-11)13(2,3)14(4,5)15/h6-8H,15H2,1-5H3. The van der Waals surface area contributed by atoms with E-state index in [0.29, 0.717) is 11.7 Å². The van der Waals surface area contributed by atoms with Crippen molar-refractivity contribution in [1.29, 1.82) is 0 Å². The Balaban J connectivity index is 2.43. The van der Waals surface area contributed by atoms with Crippen molar-refractivity contribution >= 4 is 0 Å². The van der Waals surface area contributed by atoms with Crippen LogP contribution in [0, 0.1) is 6.92 Å². The maximum absolute atomic E-state index is 6.18. The Kier molecular flexibility index (Phi) is 3.18. The summed E-state index contributed by atoms with van der Waals surface area (Å²) in [7, 11) is 0. The fraction of sp³-hybridized carbons (Fsp3) is 0.500. The fourth-order valence-electron chi connectivity index (χ4n) is 1.56. The summed E-state index contributed by atoms with van der Waals surface area (Å²) in [5.74, 6) is 1.09. The maximum Gasteiger partial charge on any atom is 0.234 e. The first-order valence-electron chi connectivity index (χ1n) is 6.27. The smallest absolute Gasteiger partial charge is 0.234 e. The Morgan fingerprint density at radius 1 is 1.21 bits per heavy atom. The van der Waals surface area contributed by atoms with Crippen molar-refractivity contribution in [3.05, 3.63) is 29.9 Å². The monoisotopic (exact) mass is 260 g/mol. The molecular weight excluding hydrogens is 240 g/mol. The third-order valence-corrected chi connectivity index (χ3v) is 3.85. The second kappa shape index (κ2) is 4.42. The van der Waals surface area contributed by atoms with E-state index >= 15 is 0 Å². The molecule has 0 spiro atoms. The predicted octanol–water partition coefficient (Wildman–Crippen LogP) is 2.45. The van der Waals surface area contributed by atoms with Gasteiger partial charge in [0.2, 0.25) is 11.7 Å². The minimum absolute atomic E-state index is 0.408. The molecule has 19 heavy (non-hydrogen) atoms. The van der Waals surface area contributed by atoms with Crippen LogP contribution in [0.25, 0.3) is 11.4 Å². The van der Waals surface area contributed by atoms with Gasteiger partial charge in [-0.1, -0.05) is 5.16 Å². The highest BCUT2D eigenvalue weighted by atomic mass is 16.5. The van der Waals surface area contributed by atoms with Gasteiger partial charge in [-0.2, -0.15) is 4.98 Å². The van der Waals surface area contributed by atoms with E-state index in [2.05, 4.69) is 15.1 Å². The van der Waals surface area contributed by atoms with Gasteiger partial charge in [-0.3, -0.25) is 4.98 Å². The highest BCUT2D eigenvalue weighted by Crippen LogP contribution is 2.33. The van der Waals surface area contributed by atoms with E-state index in [1.807, 2.05) is 40.7 Å². The lowest BCUT2D eigenvalue weighted by Gasteiger charge is -2.34. The molecule has 0 aliphatic carbocycles. The van der Waals surface area contributed by atoms with Gasteiger partial charge in [-0.15, -0.1) is 0 Å². The van der Waals surface area contributed by atoms with Gasteiger partial charge in [-0.25, -0.2) is 0 Å². The van der Waals surface area contributed by atoms with Crippen molar-refractivity contribution in [1.82, 2.24) is 15.1 Å².